The molecule has 0 aliphatic rings. The van der Waals surface area contributed by atoms with Crippen LogP contribution >= 0.6 is 0 Å². The highest BCUT2D eigenvalue weighted by Crippen LogP contribution is 2.44. The maximum atomic E-state index is 13.7. The van der Waals surface area contributed by atoms with Crippen molar-refractivity contribution in [3.05, 3.63) is 35.9 Å². The van der Waals surface area contributed by atoms with Crippen LogP contribution in [0.4, 0.5) is 0 Å². The van der Waals surface area contributed by atoms with Crippen LogP contribution in [-0.4, -0.2) is 29.1 Å². The van der Waals surface area contributed by atoms with Crippen LogP contribution < -0.4 is 0 Å². The van der Waals surface area contributed by atoms with Crippen molar-refractivity contribution in [2.75, 3.05) is 0 Å². The second kappa shape index (κ2) is 11.2. The Balaban J connectivity index is 3.57. The molecule has 0 saturated carbocycles. The van der Waals surface area contributed by atoms with Gasteiger partial charge in [-0.25, -0.2) is 0 Å². The highest BCUT2D eigenvalue weighted by atomic mass is 16.6. The van der Waals surface area contributed by atoms with Gasteiger partial charge < -0.3 is 14.2 Å². The van der Waals surface area contributed by atoms with Crippen molar-refractivity contribution in [3.8, 4) is 0 Å². The Morgan fingerprint density at radius 1 is 0.788 bits per heavy atom. The standard InChI is InChI=1S/C27H42O6/c1-18(2)16-21(22(28)31-17-20-14-12-11-13-15-20)27(19(3)4,23(29)32-25(5,6)7)24(30)33-26(8,9)10/h11-15,18-19,21H,16-17H2,1-10H3/t21-/m0/s1. The summed E-state index contributed by atoms with van der Waals surface area (Å²) in [6, 6.07) is 9.29. The minimum atomic E-state index is -1.85. The molecule has 6 nitrogen and oxygen atoms in total. The fourth-order valence-corrected chi connectivity index (χ4v) is 3.74. The third-order valence-electron chi connectivity index (χ3n) is 5.15. The van der Waals surface area contributed by atoms with E-state index in [1.54, 1.807) is 55.4 Å². The molecule has 0 spiro atoms. The normalized spacial score (nSPS) is 13.6. The number of benzene rings is 1. The van der Waals surface area contributed by atoms with Gasteiger partial charge in [0, 0.05) is 0 Å². The molecule has 1 aromatic rings. The summed E-state index contributed by atoms with van der Waals surface area (Å²) in [7, 11) is 0. The minimum Gasteiger partial charge on any atom is -0.461 e. The molecule has 186 valence electrons. The van der Waals surface area contributed by atoms with E-state index in [2.05, 4.69) is 0 Å². The molecule has 0 aliphatic heterocycles. The predicted molar refractivity (Wildman–Crippen MR) is 128 cm³/mol. The summed E-state index contributed by atoms with van der Waals surface area (Å²) in [5.74, 6) is -3.76. The third-order valence-corrected chi connectivity index (χ3v) is 5.15. The molecule has 0 saturated heterocycles. The topological polar surface area (TPSA) is 78.9 Å². The monoisotopic (exact) mass is 462 g/mol. The SMILES string of the molecule is CC(C)C[C@@H](C(=O)OCc1ccccc1)C(C(=O)OC(C)(C)C)(C(=O)OC(C)(C)C)C(C)C. The number of esters is 3. The van der Waals surface area contributed by atoms with Crippen LogP contribution in [0.2, 0.25) is 0 Å². The largest absolute Gasteiger partial charge is 0.461 e. The van der Waals surface area contributed by atoms with Crippen LogP contribution in [0.25, 0.3) is 0 Å². The molecule has 0 N–H and O–H groups in total. The number of ether oxygens (including phenoxy) is 3. The fraction of sp³-hybridized carbons (Fsp3) is 0.667. The molecule has 6 heteroatoms. The van der Waals surface area contributed by atoms with Crippen LogP contribution in [-0.2, 0) is 35.2 Å². The Bertz CT molecular complexity index is 768. The lowest BCUT2D eigenvalue weighted by Gasteiger charge is -2.41. The van der Waals surface area contributed by atoms with Gasteiger partial charge >= 0.3 is 17.9 Å². The van der Waals surface area contributed by atoms with Gasteiger partial charge in [0.1, 0.15) is 17.8 Å². The van der Waals surface area contributed by atoms with Gasteiger partial charge in [0.05, 0.1) is 5.92 Å². The lowest BCUT2D eigenvalue weighted by molar-refractivity contribution is -0.200. The zero-order chi connectivity index (χ0) is 25.6. The maximum absolute atomic E-state index is 13.7. The molecular formula is C27H42O6. The van der Waals surface area contributed by atoms with Crippen molar-refractivity contribution in [1.82, 2.24) is 0 Å². The Labute approximate surface area is 199 Å². The summed E-state index contributed by atoms with van der Waals surface area (Å²) < 4.78 is 17.1. The van der Waals surface area contributed by atoms with E-state index in [0.29, 0.717) is 0 Å². The first-order chi connectivity index (χ1) is 15.0. The minimum absolute atomic E-state index is 0.0160. The number of carbonyl (C=O) groups excluding carboxylic acids is 3. The van der Waals surface area contributed by atoms with E-state index >= 15 is 0 Å². The molecule has 1 aromatic carbocycles. The van der Waals surface area contributed by atoms with Crippen LogP contribution in [0.1, 0.15) is 81.2 Å². The van der Waals surface area contributed by atoms with Crippen molar-refractivity contribution in [2.45, 2.75) is 93.5 Å². The summed E-state index contributed by atoms with van der Waals surface area (Å²) in [5.41, 5.74) is -2.73. The fourth-order valence-electron chi connectivity index (χ4n) is 3.74. The van der Waals surface area contributed by atoms with E-state index in [1.165, 1.54) is 0 Å². The van der Waals surface area contributed by atoms with Crippen molar-refractivity contribution in [2.24, 2.45) is 23.2 Å². The molecule has 0 heterocycles. The van der Waals surface area contributed by atoms with E-state index in [1.807, 2.05) is 44.2 Å². The lowest BCUT2D eigenvalue weighted by atomic mass is 9.64. The van der Waals surface area contributed by atoms with Crippen LogP contribution in [0.3, 0.4) is 0 Å². The first-order valence-corrected chi connectivity index (χ1v) is 11.7. The second-order valence-corrected chi connectivity index (χ2v) is 11.3. The van der Waals surface area contributed by atoms with Gasteiger partial charge in [-0.1, -0.05) is 58.0 Å². The Hall–Kier alpha value is -2.37. The molecule has 1 atom stereocenters. The Morgan fingerprint density at radius 3 is 1.61 bits per heavy atom. The lowest BCUT2D eigenvalue weighted by Crippen LogP contribution is -2.56. The average Bonchev–Trinajstić information content (AvgIpc) is 2.63. The van der Waals surface area contributed by atoms with Crippen LogP contribution in [0.5, 0.6) is 0 Å². The molecule has 0 aliphatic carbocycles. The first-order valence-electron chi connectivity index (χ1n) is 11.7. The molecular weight excluding hydrogens is 420 g/mol. The molecule has 1 rings (SSSR count). The summed E-state index contributed by atoms with van der Waals surface area (Å²) in [6.45, 7) is 17.8. The van der Waals surface area contributed by atoms with Crippen LogP contribution in [0, 0.1) is 23.2 Å². The first kappa shape index (κ1) is 28.7. The molecule has 33 heavy (non-hydrogen) atoms. The summed E-state index contributed by atoms with van der Waals surface area (Å²) in [6.07, 6.45) is 0.268. The average molecular weight is 463 g/mol. The van der Waals surface area contributed by atoms with Gasteiger partial charge in [0.2, 0.25) is 0 Å². The van der Waals surface area contributed by atoms with Crippen molar-refractivity contribution >= 4 is 17.9 Å². The number of hydrogen-bond acceptors (Lipinski definition) is 6. The molecule has 0 aromatic heterocycles. The highest BCUT2D eigenvalue weighted by molar-refractivity contribution is 6.04. The number of hydrogen-bond donors (Lipinski definition) is 0. The zero-order valence-electron chi connectivity index (χ0n) is 22.0. The Morgan fingerprint density at radius 2 is 1.24 bits per heavy atom. The Kier molecular flexibility index (Phi) is 9.70. The van der Waals surface area contributed by atoms with Gasteiger partial charge in [-0.05, 0) is 65.4 Å². The number of carbonyl (C=O) groups is 3. The maximum Gasteiger partial charge on any atom is 0.325 e. The molecule has 0 bridgehead atoms. The van der Waals surface area contributed by atoms with Gasteiger partial charge in [-0.2, -0.15) is 0 Å². The van der Waals surface area contributed by atoms with Crippen molar-refractivity contribution in [3.63, 3.8) is 0 Å². The highest BCUT2D eigenvalue weighted by Gasteiger charge is 2.61. The van der Waals surface area contributed by atoms with E-state index in [0.717, 1.165) is 5.56 Å². The third kappa shape index (κ3) is 8.17. The molecule has 0 unspecified atom stereocenters. The van der Waals surface area contributed by atoms with E-state index < -0.39 is 46.4 Å². The van der Waals surface area contributed by atoms with Gasteiger partial charge in [-0.3, -0.25) is 14.4 Å². The summed E-state index contributed by atoms with van der Waals surface area (Å²) >= 11 is 0. The van der Waals surface area contributed by atoms with Crippen LogP contribution in [0.15, 0.2) is 30.3 Å². The van der Waals surface area contributed by atoms with Gasteiger partial charge in [0.25, 0.3) is 0 Å². The molecule has 0 fully saturated rings. The van der Waals surface area contributed by atoms with E-state index in [9.17, 15) is 14.4 Å². The van der Waals surface area contributed by atoms with Crippen molar-refractivity contribution < 1.29 is 28.6 Å². The molecule has 0 radical (unpaired) electrons. The second-order valence-electron chi connectivity index (χ2n) is 11.3. The summed E-state index contributed by atoms with van der Waals surface area (Å²) in [5, 5.41) is 0. The smallest absolute Gasteiger partial charge is 0.325 e. The van der Waals surface area contributed by atoms with Crippen molar-refractivity contribution in [1.29, 1.82) is 0 Å². The van der Waals surface area contributed by atoms with Gasteiger partial charge in [0.15, 0.2) is 5.41 Å². The summed E-state index contributed by atoms with van der Waals surface area (Å²) in [4.78, 5) is 40.9. The number of rotatable bonds is 9. The van der Waals surface area contributed by atoms with Gasteiger partial charge in [-0.15, -0.1) is 0 Å². The zero-order valence-corrected chi connectivity index (χ0v) is 22.0. The quantitative estimate of drug-likeness (QED) is 0.265. The predicted octanol–water partition coefficient (Wildman–Crippen LogP) is 5.72. The van der Waals surface area contributed by atoms with E-state index in [4.69, 9.17) is 14.2 Å². The van der Waals surface area contributed by atoms with E-state index in [-0.39, 0.29) is 18.9 Å². The molecule has 0 amide bonds.